The molecule has 0 fully saturated rings. The fourth-order valence-corrected chi connectivity index (χ4v) is 1.95. The monoisotopic (exact) mass is 212 g/mol. The molecule has 0 aliphatic carbocycles. The second kappa shape index (κ2) is 2.68. The molecule has 6 nitrogen and oxygen atoms in total. The fraction of sp³-hybridized carbons (Fsp3) is 0.143. The third-order valence-electron chi connectivity index (χ3n) is 1.80. The lowest BCUT2D eigenvalue weighted by molar-refractivity contribution is 0.598. The molecule has 0 atom stereocenters. The Morgan fingerprint density at radius 3 is 2.86 bits per heavy atom. The highest BCUT2D eigenvalue weighted by Gasteiger charge is 2.15. The van der Waals surface area contributed by atoms with Crippen molar-refractivity contribution in [3.63, 3.8) is 0 Å². The van der Waals surface area contributed by atoms with Crippen LogP contribution in [0, 0.1) is 0 Å². The first-order chi connectivity index (χ1) is 6.48. The van der Waals surface area contributed by atoms with E-state index in [4.69, 9.17) is 5.73 Å². The highest BCUT2D eigenvalue weighted by atomic mass is 32.2. The van der Waals surface area contributed by atoms with E-state index in [1.165, 1.54) is 12.3 Å². The second-order valence-corrected chi connectivity index (χ2v) is 4.90. The van der Waals surface area contributed by atoms with Gasteiger partial charge in [-0.15, -0.1) is 0 Å². The summed E-state index contributed by atoms with van der Waals surface area (Å²) in [5, 5.41) is 6.80. The summed E-state index contributed by atoms with van der Waals surface area (Å²) in [6, 6.07) is 1.51. The van der Waals surface area contributed by atoms with Crippen LogP contribution < -0.4 is 5.73 Å². The lowest BCUT2D eigenvalue weighted by atomic mass is 10.3. The fourth-order valence-electron chi connectivity index (χ4n) is 1.18. The molecule has 2 heterocycles. The van der Waals surface area contributed by atoms with Crippen LogP contribution >= 0.6 is 0 Å². The number of aromatic nitrogens is 3. The van der Waals surface area contributed by atoms with Crippen LogP contribution in [0.1, 0.15) is 0 Å². The maximum Gasteiger partial charge on any atom is 0.192 e. The van der Waals surface area contributed by atoms with E-state index in [9.17, 15) is 8.42 Å². The third-order valence-corrected chi connectivity index (χ3v) is 2.85. The first kappa shape index (κ1) is 8.95. The number of nitrogen functional groups attached to an aromatic ring is 1. The van der Waals surface area contributed by atoms with E-state index in [0.717, 1.165) is 6.26 Å². The first-order valence-electron chi connectivity index (χ1n) is 3.78. The zero-order valence-electron chi connectivity index (χ0n) is 7.35. The summed E-state index contributed by atoms with van der Waals surface area (Å²) in [7, 11) is -3.30. The standard InChI is InChI=1S/C7H8N4O2S/c1-14(12,13)7-4-3-9-6(8)2-5(4)10-11-7/h2-3H,1H3,(H2,8,9)(H,10,11). The van der Waals surface area contributed by atoms with Crippen LogP contribution in [-0.2, 0) is 9.84 Å². The van der Waals surface area contributed by atoms with Gasteiger partial charge in [-0.3, -0.25) is 5.10 Å². The first-order valence-corrected chi connectivity index (χ1v) is 5.67. The molecule has 7 heteroatoms. The number of hydrogen-bond donors (Lipinski definition) is 2. The van der Waals surface area contributed by atoms with Crippen LogP contribution in [0.3, 0.4) is 0 Å². The van der Waals surface area contributed by atoms with Gasteiger partial charge in [0.05, 0.1) is 10.9 Å². The average molecular weight is 212 g/mol. The number of nitrogens with zero attached hydrogens (tertiary/aromatic N) is 2. The number of fused-ring (bicyclic) bond motifs is 1. The molecule has 0 aliphatic heterocycles. The van der Waals surface area contributed by atoms with E-state index >= 15 is 0 Å². The summed E-state index contributed by atoms with van der Waals surface area (Å²) in [6.45, 7) is 0. The van der Waals surface area contributed by atoms with Gasteiger partial charge in [0.25, 0.3) is 0 Å². The molecule has 0 amide bonds. The number of nitrogens with one attached hydrogen (secondary N) is 1. The maximum absolute atomic E-state index is 11.3. The summed E-state index contributed by atoms with van der Waals surface area (Å²) < 4.78 is 22.5. The quantitative estimate of drug-likeness (QED) is 0.689. The smallest absolute Gasteiger partial charge is 0.192 e. The summed E-state index contributed by atoms with van der Waals surface area (Å²) in [5.74, 6) is 0.309. The van der Waals surface area contributed by atoms with Gasteiger partial charge in [0.2, 0.25) is 0 Å². The molecule has 0 spiro atoms. The van der Waals surface area contributed by atoms with E-state index in [1.54, 1.807) is 0 Å². The van der Waals surface area contributed by atoms with Gasteiger partial charge in [-0.05, 0) is 0 Å². The molecule has 0 radical (unpaired) electrons. The van der Waals surface area contributed by atoms with E-state index in [-0.39, 0.29) is 5.03 Å². The van der Waals surface area contributed by atoms with Crippen molar-refractivity contribution in [3.05, 3.63) is 12.3 Å². The predicted octanol–water partition coefficient (Wildman–Crippen LogP) is -0.0564. The molecule has 74 valence electrons. The molecule has 0 unspecified atom stereocenters. The summed E-state index contributed by atoms with van der Waals surface area (Å²) >= 11 is 0. The van der Waals surface area contributed by atoms with E-state index < -0.39 is 9.84 Å². The Morgan fingerprint density at radius 1 is 1.50 bits per heavy atom. The summed E-state index contributed by atoms with van der Waals surface area (Å²) in [6.07, 6.45) is 2.50. The van der Waals surface area contributed by atoms with Gasteiger partial charge in [-0.25, -0.2) is 13.4 Å². The van der Waals surface area contributed by atoms with E-state index in [2.05, 4.69) is 15.2 Å². The number of hydrogen-bond acceptors (Lipinski definition) is 5. The van der Waals surface area contributed by atoms with Crippen molar-refractivity contribution < 1.29 is 8.42 Å². The van der Waals surface area contributed by atoms with Gasteiger partial charge in [0, 0.05) is 18.5 Å². The number of pyridine rings is 1. The van der Waals surface area contributed by atoms with Crippen LogP contribution in [0.2, 0.25) is 0 Å². The van der Waals surface area contributed by atoms with Gasteiger partial charge in [-0.2, -0.15) is 5.10 Å². The Kier molecular flexibility index (Phi) is 1.71. The molecule has 2 aromatic rings. The van der Waals surface area contributed by atoms with Gasteiger partial charge in [-0.1, -0.05) is 0 Å². The lowest BCUT2D eigenvalue weighted by Gasteiger charge is -1.93. The van der Waals surface area contributed by atoms with Crippen molar-refractivity contribution in [2.75, 3.05) is 12.0 Å². The number of nitrogens with two attached hydrogens (primary N) is 1. The Labute approximate surface area is 80.1 Å². The molecule has 0 saturated carbocycles. The Bertz CT molecular complexity index is 587. The highest BCUT2D eigenvalue weighted by molar-refractivity contribution is 7.90. The molecule has 2 rings (SSSR count). The zero-order chi connectivity index (χ0) is 10.3. The molecular weight excluding hydrogens is 204 g/mol. The average Bonchev–Trinajstić information content (AvgIpc) is 2.45. The number of anilines is 1. The van der Waals surface area contributed by atoms with Gasteiger partial charge < -0.3 is 5.73 Å². The lowest BCUT2D eigenvalue weighted by Crippen LogP contribution is -1.98. The molecule has 2 aromatic heterocycles. The highest BCUT2D eigenvalue weighted by Crippen LogP contribution is 2.19. The van der Waals surface area contributed by atoms with Crippen LogP contribution in [-0.4, -0.2) is 29.9 Å². The Hall–Kier alpha value is -1.63. The van der Waals surface area contributed by atoms with Gasteiger partial charge in [0.1, 0.15) is 5.82 Å². The number of H-pyrrole nitrogens is 1. The molecule has 3 N–H and O–H groups in total. The second-order valence-electron chi connectivity index (χ2n) is 2.95. The summed E-state index contributed by atoms with van der Waals surface area (Å²) in [5.41, 5.74) is 5.93. The largest absolute Gasteiger partial charge is 0.384 e. The van der Waals surface area contributed by atoms with Crippen LogP contribution in [0.5, 0.6) is 0 Å². The van der Waals surface area contributed by atoms with Crippen molar-refractivity contribution in [2.24, 2.45) is 0 Å². The van der Waals surface area contributed by atoms with Crippen LogP contribution in [0.25, 0.3) is 10.9 Å². The van der Waals surface area contributed by atoms with Gasteiger partial charge in [0.15, 0.2) is 14.9 Å². The normalized spacial score (nSPS) is 12.1. The zero-order valence-corrected chi connectivity index (χ0v) is 8.17. The molecule has 0 saturated heterocycles. The number of sulfone groups is 1. The third kappa shape index (κ3) is 1.31. The van der Waals surface area contributed by atoms with Crippen LogP contribution in [0.4, 0.5) is 5.82 Å². The number of aromatic amines is 1. The van der Waals surface area contributed by atoms with E-state index in [1.807, 2.05) is 0 Å². The number of rotatable bonds is 1. The minimum atomic E-state index is -3.30. The molecule has 0 bridgehead atoms. The van der Waals surface area contributed by atoms with Crippen LogP contribution in [0.15, 0.2) is 17.3 Å². The summed E-state index contributed by atoms with van der Waals surface area (Å²) in [4.78, 5) is 3.81. The minimum Gasteiger partial charge on any atom is -0.384 e. The minimum absolute atomic E-state index is 0.0694. The SMILES string of the molecule is CS(=O)(=O)c1[nH]nc2cc(N)ncc12. The molecule has 0 aliphatic rings. The van der Waals surface area contributed by atoms with Crippen molar-refractivity contribution >= 4 is 26.6 Å². The van der Waals surface area contributed by atoms with Crippen molar-refractivity contribution in [1.29, 1.82) is 0 Å². The van der Waals surface area contributed by atoms with Gasteiger partial charge >= 0.3 is 0 Å². The molecule has 0 aromatic carbocycles. The van der Waals surface area contributed by atoms with Crippen molar-refractivity contribution in [1.82, 2.24) is 15.2 Å². The van der Waals surface area contributed by atoms with E-state index in [0.29, 0.717) is 16.7 Å². The molecular formula is C7H8N4O2S. The Balaban J connectivity index is 2.83. The molecule has 14 heavy (non-hydrogen) atoms. The van der Waals surface area contributed by atoms with Crippen molar-refractivity contribution in [2.45, 2.75) is 5.03 Å². The van der Waals surface area contributed by atoms with Crippen molar-refractivity contribution in [3.8, 4) is 0 Å². The maximum atomic E-state index is 11.3. The predicted molar refractivity (Wildman–Crippen MR) is 51.4 cm³/mol. The topological polar surface area (TPSA) is 102 Å². The Morgan fingerprint density at radius 2 is 2.21 bits per heavy atom.